The quantitative estimate of drug-likeness (QED) is 0.711. The van der Waals surface area contributed by atoms with E-state index in [2.05, 4.69) is 27.1 Å². The summed E-state index contributed by atoms with van der Waals surface area (Å²) in [5.41, 5.74) is 2.78. The van der Waals surface area contributed by atoms with Crippen LogP contribution in [0, 0.1) is 17.7 Å². The molecule has 0 spiro atoms. The number of pyridine rings is 2. The number of ether oxygens (including phenoxy) is 1. The van der Waals surface area contributed by atoms with Crippen molar-refractivity contribution in [1.82, 2.24) is 15.3 Å². The Labute approximate surface area is 155 Å². The lowest BCUT2D eigenvalue weighted by molar-refractivity contribution is 0.132. The van der Waals surface area contributed by atoms with Crippen molar-refractivity contribution in [2.24, 2.45) is 0 Å². The van der Waals surface area contributed by atoms with Gasteiger partial charge in [-0.05, 0) is 41.5 Å². The fourth-order valence-electron chi connectivity index (χ4n) is 2.90. The van der Waals surface area contributed by atoms with E-state index in [0.29, 0.717) is 11.1 Å². The van der Waals surface area contributed by atoms with Crippen LogP contribution in [0.1, 0.15) is 34.4 Å². The Balaban J connectivity index is 1.64. The van der Waals surface area contributed by atoms with Crippen LogP contribution in [-0.2, 0) is 4.74 Å². The maximum Gasteiger partial charge on any atom is 0.408 e. The first kappa shape index (κ1) is 16.7. The third-order valence-corrected chi connectivity index (χ3v) is 4.12. The molecule has 1 aliphatic heterocycles. The Hall–Kier alpha value is -3.72. The zero-order chi connectivity index (χ0) is 18.6. The summed E-state index contributed by atoms with van der Waals surface area (Å²) in [6.45, 7) is 0. The van der Waals surface area contributed by atoms with E-state index in [-0.39, 0.29) is 5.82 Å². The number of halogens is 1. The number of nitrogens with one attached hydrogen (secondary N) is 1. The third kappa shape index (κ3) is 3.77. The minimum Gasteiger partial charge on any atom is -0.439 e. The van der Waals surface area contributed by atoms with E-state index in [0.717, 1.165) is 11.1 Å². The van der Waals surface area contributed by atoms with Gasteiger partial charge >= 0.3 is 6.09 Å². The van der Waals surface area contributed by atoms with Gasteiger partial charge in [-0.1, -0.05) is 24.0 Å². The molecule has 1 saturated heterocycles. The van der Waals surface area contributed by atoms with Gasteiger partial charge in [-0.3, -0.25) is 9.97 Å². The van der Waals surface area contributed by atoms with Gasteiger partial charge in [0.2, 0.25) is 0 Å². The molecule has 2 atom stereocenters. The van der Waals surface area contributed by atoms with Crippen molar-refractivity contribution < 1.29 is 13.9 Å². The molecule has 0 unspecified atom stereocenters. The smallest absolute Gasteiger partial charge is 0.408 e. The molecular formula is C21H14FN3O2. The molecule has 2 aromatic heterocycles. The second-order valence-electron chi connectivity index (χ2n) is 6.00. The van der Waals surface area contributed by atoms with Crippen molar-refractivity contribution >= 4 is 6.09 Å². The van der Waals surface area contributed by atoms with Crippen LogP contribution in [0.2, 0.25) is 0 Å². The average Bonchev–Trinajstić information content (AvgIpc) is 3.09. The lowest BCUT2D eigenvalue weighted by atomic mass is 9.97. The van der Waals surface area contributed by atoms with Gasteiger partial charge in [0.15, 0.2) is 6.10 Å². The number of cyclic esters (lactones) is 1. The molecule has 132 valence electrons. The van der Waals surface area contributed by atoms with E-state index in [1.165, 1.54) is 12.1 Å². The highest BCUT2D eigenvalue weighted by Crippen LogP contribution is 2.36. The summed E-state index contributed by atoms with van der Waals surface area (Å²) in [6.07, 6.45) is 5.44. The molecule has 27 heavy (non-hydrogen) atoms. The number of amides is 1. The van der Waals surface area contributed by atoms with Crippen molar-refractivity contribution in [2.45, 2.75) is 12.1 Å². The van der Waals surface area contributed by atoms with Gasteiger partial charge in [-0.2, -0.15) is 0 Å². The largest absolute Gasteiger partial charge is 0.439 e. The van der Waals surface area contributed by atoms with Crippen molar-refractivity contribution in [3.63, 3.8) is 0 Å². The Morgan fingerprint density at radius 2 is 1.81 bits per heavy atom. The van der Waals surface area contributed by atoms with Gasteiger partial charge < -0.3 is 10.1 Å². The number of carbonyl (C=O) groups is 1. The van der Waals surface area contributed by atoms with Crippen LogP contribution in [0.3, 0.4) is 0 Å². The number of benzene rings is 1. The van der Waals surface area contributed by atoms with Gasteiger partial charge in [-0.25, -0.2) is 9.18 Å². The number of alkyl carbamates (subject to hydrolysis) is 1. The molecule has 1 amide bonds. The molecule has 0 aliphatic carbocycles. The molecule has 1 N–H and O–H groups in total. The highest BCUT2D eigenvalue weighted by atomic mass is 19.1. The minimum absolute atomic E-state index is 0.386. The van der Waals surface area contributed by atoms with E-state index in [9.17, 15) is 9.18 Å². The average molecular weight is 359 g/mol. The summed E-state index contributed by atoms with van der Waals surface area (Å²) in [5, 5.41) is 2.76. The SMILES string of the molecule is O=C1N[C@H](c2cncc(C#Cc3cccnc3)c2)[C@@H](c2cccc(F)c2)O1. The molecular weight excluding hydrogens is 345 g/mol. The third-order valence-electron chi connectivity index (χ3n) is 4.12. The van der Waals surface area contributed by atoms with Gasteiger partial charge in [0.1, 0.15) is 11.9 Å². The number of carbonyl (C=O) groups excluding carboxylic acids is 1. The molecule has 4 rings (SSSR count). The fraction of sp³-hybridized carbons (Fsp3) is 0.0952. The molecule has 0 saturated carbocycles. The molecule has 3 heterocycles. The fourth-order valence-corrected chi connectivity index (χ4v) is 2.90. The van der Waals surface area contributed by atoms with Crippen molar-refractivity contribution in [1.29, 1.82) is 0 Å². The van der Waals surface area contributed by atoms with E-state index < -0.39 is 18.2 Å². The van der Waals surface area contributed by atoms with Crippen LogP contribution in [0.25, 0.3) is 0 Å². The van der Waals surface area contributed by atoms with Gasteiger partial charge in [0.05, 0.1) is 0 Å². The van der Waals surface area contributed by atoms with E-state index in [1.54, 1.807) is 36.9 Å². The van der Waals surface area contributed by atoms with Crippen molar-refractivity contribution in [3.8, 4) is 11.8 Å². The van der Waals surface area contributed by atoms with E-state index >= 15 is 0 Å². The standard InChI is InChI=1S/C21H14FN3O2/c22-18-5-1-4-16(10-18)20-19(25-21(26)27-20)17-9-15(12-24-13-17)7-6-14-3-2-8-23-11-14/h1-5,8-13,19-20H,(H,25,26)/t19-,20-/m1/s1. The molecule has 5 nitrogen and oxygen atoms in total. The van der Waals surface area contributed by atoms with Crippen molar-refractivity contribution in [3.05, 3.63) is 95.3 Å². The second-order valence-corrected chi connectivity index (χ2v) is 6.00. The molecule has 1 fully saturated rings. The summed E-state index contributed by atoms with van der Waals surface area (Å²) in [4.78, 5) is 20.0. The van der Waals surface area contributed by atoms with E-state index in [1.807, 2.05) is 18.2 Å². The molecule has 1 aliphatic rings. The summed E-state index contributed by atoms with van der Waals surface area (Å²) in [5.74, 6) is 5.67. The topological polar surface area (TPSA) is 64.1 Å². The summed E-state index contributed by atoms with van der Waals surface area (Å²) >= 11 is 0. The van der Waals surface area contributed by atoms with Crippen LogP contribution < -0.4 is 5.32 Å². The zero-order valence-corrected chi connectivity index (χ0v) is 14.1. The van der Waals surface area contributed by atoms with Gasteiger partial charge in [0.25, 0.3) is 0 Å². The summed E-state index contributed by atoms with van der Waals surface area (Å²) < 4.78 is 18.9. The summed E-state index contributed by atoms with van der Waals surface area (Å²) in [6, 6.07) is 11.0. The first-order valence-corrected chi connectivity index (χ1v) is 8.29. The first-order valence-electron chi connectivity index (χ1n) is 8.29. The molecule has 0 bridgehead atoms. The van der Waals surface area contributed by atoms with E-state index in [4.69, 9.17) is 4.74 Å². The van der Waals surface area contributed by atoms with Crippen LogP contribution >= 0.6 is 0 Å². The second kappa shape index (κ2) is 7.26. The van der Waals surface area contributed by atoms with Crippen LogP contribution in [0.4, 0.5) is 9.18 Å². The summed E-state index contributed by atoms with van der Waals surface area (Å²) in [7, 11) is 0. The highest BCUT2D eigenvalue weighted by Gasteiger charge is 2.36. The Kier molecular flexibility index (Phi) is 4.50. The lowest BCUT2D eigenvalue weighted by Gasteiger charge is -2.17. The molecule has 0 radical (unpaired) electrons. The van der Waals surface area contributed by atoms with Crippen molar-refractivity contribution in [2.75, 3.05) is 0 Å². The molecule has 1 aromatic carbocycles. The predicted octanol–water partition coefficient (Wildman–Crippen LogP) is 3.54. The number of aromatic nitrogens is 2. The maximum atomic E-state index is 13.6. The van der Waals surface area contributed by atoms with Gasteiger partial charge in [-0.15, -0.1) is 0 Å². The Morgan fingerprint density at radius 1 is 0.963 bits per heavy atom. The number of rotatable bonds is 2. The normalized spacial score (nSPS) is 18.2. The molecule has 3 aromatic rings. The zero-order valence-electron chi connectivity index (χ0n) is 14.1. The lowest BCUT2D eigenvalue weighted by Crippen LogP contribution is -2.19. The van der Waals surface area contributed by atoms with Gasteiger partial charge in [0, 0.05) is 35.9 Å². The maximum absolute atomic E-state index is 13.6. The highest BCUT2D eigenvalue weighted by molar-refractivity contribution is 5.71. The Bertz CT molecular complexity index is 1040. The number of hydrogen-bond donors (Lipinski definition) is 1. The number of nitrogens with zero attached hydrogens (tertiary/aromatic N) is 2. The predicted molar refractivity (Wildman–Crippen MR) is 96.0 cm³/mol. The van der Waals surface area contributed by atoms with Crippen LogP contribution in [-0.4, -0.2) is 16.1 Å². The first-order chi connectivity index (χ1) is 13.2. The minimum atomic E-state index is -0.642. The number of hydrogen-bond acceptors (Lipinski definition) is 4. The Morgan fingerprint density at radius 3 is 2.63 bits per heavy atom. The van der Waals surface area contributed by atoms with Crippen LogP contribution in [0.5, 0.6) is 0 Å². The monoisotopic (exact) mass is 359 g/mol. The molecule has 6 heteroatoms. The van der Waals surface area contributed by atoms with Crippen LogP contribution in [0.15, 0.2) is 67.3 Å².